The second-order valence-corrected chi connectivity index (χ2v) is 35.4. The number of para-hydroxylation sites is 2. The number of ether oxygens (including phenoxy) is 6. The van der Waals surface area contributed by atoms with E-state index in [4.69, 9.17) is 34.2 Å². The molecule has 1 fully saturated rings. The van der Waals surface area contributed by atoms with Crippen LogP contribution in [0.25, 0.3) is 10.9 Å². The summed E-state index contributed by atoms with van der Waals surface area (Å²) in [6, 6.07) is 16.9. The molecule has 0 saturated carbocycles. The molecule has 1 saturated heterocycles. The summed E-state index contributed by atoms with van der Waals surface area (Å²) < 4.78 is 31.1. The largest absolute Gasteiger partial charge is 0.469 e. The third-order valence-electron chi connectivity index (χ3n) is 23.0. The zero-order valence-electron chi connectivity index (χ0n) is 82.4. The van der Waals surface area contributed by atoms with Crippen LogP contribution in [0.4, 0.5) is 10.5 Å². The lowest BCUT2D eigenvalue weighted by atomic mass is 9.77. The quantitative estimate of drug-likeness (QED) is 0.00649. The number of aromatic amines is 1. The lowest BCUT2D eigenvalue weighted by Gasteiger charge is -2.37. The highest BCUT2D eigenvalue weighted by atomic mass is 16.6. The summed E-state index contributed by atoms with van der Waals surface area (Å²) in [5.74, 6) is -23.6. The Balaban J connectivity index is 1.38. The number of cyclic esters (lactones) is 1. The van der Waals surface area contributed by atoms with Crippen LogP contribution in [0.2, 0.25) is 0 Å². The van der Waals surface area contributed by atoms with Gasteiger partial charge in [-0.1, -0.05) is 167 Å². The first-order chi connectivity index (χ1) is 68.6. The van der Waals surface area contributed by atoms with Crippen molar-refractivity contribution in [3.05, 3.63) is 174 Å². The molecule has 0 radical (unpaired) electrons. The fraction of sp³-hybridized carbons (Fsp3) is 0.470. The van der Waals surface area contributed by atoms with Crippen molar-refractivity contribution in [2.75, 3.05) is 60.4 Å². The van der Waals surface area contributed by atoms with Gasteiger partial charge in [-0.3, -0.25) is 86.3 Å². The number of anilines is 1. The molecule has 778 valence electrons. The molecule has 44 nitrogen and oxygen atoms in total. The van der Waals surface area contributed by atoms with Crippen molar-refractivity contribution in [3.63, 3.8) is 0 Å². The smallest absolute Gasteiger partial charge is 0.407 e. The van der Waals surface area contributed by atoms with Crippen molar-refractivity contribution in [2.24, 2.45) is 0 Å². The number of amides is 15. The molecule has 7 rings (SSSR count). The Morgan fingerprint density at radius 2 is 0.972 bits per heavy atom. The highest BCUT2D eigenvalue weighted by Crippen LogP contribution is 2.37. The molecule has 0 aliphatic carbocycles. The maximum absolute atomic E-state index is 15.9. The summed E-state index contributed by atoms with van der Waals surface area (Å²) in [6.07, 6.45) is -2.70. The van der Waals surface area contributed by atoms with Crippen LogP contribution < -0.4 is 85.5 Å². The van der Waals surface area contributed by atoms with E-state index in [-0.39, 0.29) is 37.1 Å². The number of carbonyl (C=O) groups excluding carboxylic acids is 21. The van der Waals surface area contributed by atoms with E-state index in [0.717, 1.165) is 81.3 Å². The van der Waals surface area contributed by atoms with Crippen molar-refractivity contribution in [1.82, 2.24) is 84.7 Å². The molecule has 5 aromatic carbocycles. The highest BCUT2D eigenvalue weighted by molar-refractivity contribution is 6.05. The maximum Gasteiger partial charge on any atom is 0.407 e. The standard InChI is InChI=1S/C100H131N17O27/c1-12-13-14-15-16-17-27-44-79(120)108-71(48-61-54-103-68-42-31-29-39-65(61)68)92(132)112-72(50-80(121)117-100(62-33-21-18-22-34-62,63-35-23-19-24-36-63)64-37-25-20-26-38-64)93(133)114-75(53-85(126)142-11)94(134)116-86-60(4)143-97(137)76(49-78(119)66-40-28-30-41-67(66)101)115-90(130)70(46-45-58(2)118)110-95(135)77(57-139-8)109-82(123)55-104-88(128)73(51-83(124)140-9)111-87(127)59(3)106-91(131)74(52-84(125)141-10)113-89(129)69(107-81(122)56-105-96(86)136)43-32-47-102-98(138)144-99(5,6)7/h18-26,28-31,33-42,54,59-60,69-77,86,103H,12-17,27,32,43-53,55-57,101H2,1-11H3,(H,102,138)(H,104,128)(H,105,136)(H,106,131)(H,107,122)(H,108,120)(H,109,123)(H,110,135)(H,111,127)(H,112,132)(H,113,129)(H,114,133)(H,115,130)(H,116,134)(H,117,121). The molecule has 0 bridgehead atoms. The van der Waals surface area contributed by atoms with Crippen LogP contribution in [0, 0.1) is 0 Å². The molecular formula is C100H131N17O27. The number of hydrogen-bond donors (Lipinski definition) is 17. The van der Waals surface area contributed by atoms with E-state index < -0.39 is 279 Å². The van der Waals surface area contributed by atoms with Gasteiger partial charge in [0, 0.05) is 67.7 Å². The molecule has 6 aromatic rings. The van der Waals surface area contributed by atoms with Crippen molar-refractivity contribution >= 4 is 141 Å². The van der Waals surface area contributed by atoms with Gasteiger partial charge in [-0.05, 0) is 108 Å². The van der Waals surface area contributed by atoms with Gasteiger partial charge in [0.05, 0.1) is 66.7 Å². The number of alkyl carbamates (subject to hydrolysis) is 1. The van der Waals surface area contributed by atoms with E-state index in [0.29, 0.717) is 46.0 Å². The van der Waals surface area contributed by atoms with Crippen molar-refractivity contribution in [1.29, 1.82) is 0 Å². The number of Topliss-reactive ketones (excluding diaryl/α,β-unsaturated/α-hetero) is 2. The molecule has 12 unspecified atom stereocenters. The van der Waals surface area contributed by atoms with Crippen LogP contribution in [0.5, 0.6) is 0 Å². The summed E-state index contributed by atoms with van der Waals surface area (Å²) in [5.41, 5.74) is 6.02. The molecule has 1 aromatic heterocycles. The van der Waals surface area contributed by atoms with Gasteiger partial charge in [0.1, 0.15) is 89.5 Å². The topological polar surface area (TPSA) is 636 Å². The van der Waals surface area contributed by atoms with E-state index in [9.17, 15) is 67.1 Å². The third kappa shape index (κ3) is 37.2. The van der Waals surface area contributed by atoms with Crippen LogP contribution in [0.3, 0.4) is 0 Å². The Bertz CT molecular complexity index is 5390. The lowest BCUT2D eigenvalue weighted by Crippen LogP contribution is -2.62. The molecule has 1 aliphatic heterocycles. The molecule has 15 amide bonds. The molecule has 144 heavy (non-hydrogen) atoms. The van der Waals surface area contributed by atoms with E-state index in [2.05, 4.69) is 91.7 Å². The van der Waals surface area contributed by atoms with Gasteiger partial charge >= 0.3 is 30.0 Å². The average Bonchev–Trinajstić information content (AvgIpc) is 0.865. The summed E-state index contributed by atoms with van der Waals surface area (Å²) >= 11 is 0. The molecular weight excluding hydrogens is 1870 g/mol. The number of aromatic nitrogens is 1. The van der Waals surface area contributed by atoms with Gasteiger partial charge in [0.2, 0.25) is 82.7 Å². The first kappa shape index (κ1) is 115. The summed E-state index contributed by atoms with van der Waals surface area (Å²) in [6.45, 7) is 6.74. The van der Waals surface area contributed by atoms with Crippen molar-refractivity contribution in [2.45, 2.75) is 248 Å². The van der Waals surface area contributed by atoms with Crippen LogP contribution in [-0.2, 0) is 131 Å². The van der Waals surface area contributed by atoms with Gasteiger partial charge < -0.3 is 124 Å². The van der Waals surface area contributed by atoms with Gasteiger partial charge in [-0.25, -0.2) is 9.59 Å². The number of methoxy groups -OCH3 is 4. The van der Waals surface area contributed by atoms with Crippen LogP contribution in [-0.4, -0.2) is 262 Å². The monoisotopic (exact) mass is 2000 g/mol. The second kappa shape index (κ2) is 58.0. The Hall–Kier alpha value is -15.5. The Kier molecular flexibility index (Phi) is 46.5. The lowest BCUT2D eigenvalue weighted by molar-refractivity contribution is -0.156. The van der Waals surface area contributed by atoms with E-state index in [1.54, 1.807) is 142 Å². The van der Waals surface area contributed by atoms with E-state index >= 15 is 33.6 Å². The molecule has 1 aliphatic rings. The molecule has 44 heteroatoms. The molecule has 18 N–H and O–H groups in total. The van der Waals surface area contributed by atoms with Crippen LogP contribution >= 0.6 is 0 Å². The van der Waals surface area contributed by atoms with E-state index in [1.807, 2.05) is 0 Å². The summed E-state index contributed by atoms with van der Waals surface area (Å²) in [4.78, 5) is 306. The maximum atomic E-state index is 15.9. The number of nitrogens with two attached hydrogens (primary N) is 1. The Labute approximate surface area is 832 Å². The van der Waals surface area contributed by atoms with Crippen LogP contribution in [0.15, 0.2) is 146 Å². The summed E-state index contributed by atoms with van der Waals surface area (Å²) in [7, 11) is 3.88. The fourth-order valence-electron chi connectivity index (χ4n) is 15.4. The minimum atomic E-state index is -2.44. The number of esters is 4. The summed E-state index contributed by atoms with van der Waals surface area (Å²) in [5, 5.41) is 37.3. The molecule has 12 atom stereocenters. The van der Waals surface area contributed by atoms with Gasteiger partial charge in [-0.15, -0.1) is 0 Å². The SMILES string of the molecule is CCCCCCCCCC(=O)NC(Cc1c[nH]c2ccccc12)C(=O)NC(CC(=O)NC(c1ccccc1)(c1ccccc1)c1ccccc1)C(=O)NC(CC(=O)OC)C(=O)NC1C(=O)NCC(=O)NC(CCCNC(=O)OC(C)(C)C)C(=O)NC(CC(=O)OC)C(=O)NC(C)C(=O)NC(CC(=O)OC)C(=O)NCC(=O)NC(COC)C(=O)NC(CCC(C)=O)C(=O)NC(CC(=O)c2ccccc2N)C(=O)OC1C. The van der Waals surface area contributed by atoms with Crippen molar-refractivity contribution in [3.8, 4) is 0 Å². The average molecular weight is 2000 g/mol. The highest BCUT2D eigenvalue weighted by Gasteiger charge is 2.44. The minimum Gasteiger partial charge on any atom is -0.469 e. The molecule has 0 spiro atoms. The second-order valence-electron chi connectivity index (χ2n) is 35.4. The van der Waals surface area contributed by atoms with Crippen molar-refractivity contribution < 1.29 is 129 Å². The number of fused-ring (bicyclic) bond motifs is 1. The zero-order valence-corrected chi connectivity index (χ0v) is 82.4. The number of carbonyl (C=O) groups is 21. The number of nitrogens with one attached hydrogen (secondary N) is 16. The number of H-pyrrole nitrogens is 1. The number of hydrogen-bond acceptors (Lipinski definition) is 28. The number of benzene rings is 5. The van der Waals surface area contributed by atoms with E-state index in [1.165, 1.54) is 24.3 Å². The predicted octanol–water partition coefficient (Wildman–Crippen LogP) is 1.74. The zero-order chi connectivity index (χ0) is 106. The minimum absolute atomic E-state index is 0.0274. The van der Waals surface area contributed by atoms with Gasteiger partial charge in [-0.2, -0.15) is 0 Å². The number of nitrogen functional groups attached to an aromatic ring is 1. The molecule has 2 heterocycles. The first-order valence-electron chi connectivity index (χ1n) is 47.2. The first-order valence-corrected chi connectivity index (χ1v) is 47.2. The normalized spacial score (nSPS) is 19.1. The Morgan fingerprint density at radius 1 is 0.479 bits per heavy atom. The fourth-order valence-corrected chi connectivity index (χ4v) is 15.4. The number of rotatable bonds is 41. The van der Waals surface area contributed by atoms with Gasteiger partial charge in [0.25, 0.3) is 0 Å². The number of unbranched alkanes of at least 4 members (excludes halogenated alkanes) is 6. The Morgan fingerprint density at radius 3 is 1.54 bits per heavy atom. The van der Waals surface area contributed by atoms with Crippen LogP contribution in [0.1, 0.15) is 190 Å². The van der Waals surface area contributed by atoms with Gasteiger partial charge in [0.15, 0.2) is 5.78 Å². The predicted molar refractivity (Wildman–Crippen MR) is 520 cm³/mol. The number of ketones is 2. The third-order valence-corrected chi connectivity index (χ3v) is 23.0.